The van der Waals surface area contributed by atoms with Crippen LogP contribution in [0.4, 0.5) is 4.79 Å². The number of amides is 1. The molecule has 2 N–H and O–H groups in total. The van der Waals surface area contributed by atoms with Crippen LogP contribution in [-0.2, 0) is 15.1 Å². The third-order valence-electron chi connectivity index (χ3n) is 6.30. The highest BCUT2D eigenvalue weighted by Crippen LogP contribution is 2.47. The first-order valence-electron chi connectivity index (χ1n) is 9.96. The van der Waals surface area contributed by atoms with Crippen LogP contribution in [0.1, 0.15) is 35.4 Å². The number of rotatable bonds is 5. The zero-order valence-electron chi connectivity index (χ0n) is 16.2. The summed E-state index contributed by atoms with van der Waals surface area (Å²) in [5, 5.41) is 16.2. The van der Waals surface area contributed by atoms with E-state index < -0.39 is 23.5 Å². The van der Waals surface area contributed by atoms with Crippen molar-refractivity contribution in [3.63, 3.8) is 0 Å². The lowest BCUT2D eigenvalue weighted by molar-refractivity contribution is -0.148. The molecule has 1 fully saturated rings. The Morgan fingerprint density at radius 3 is 2.23 bits per heavy atom. The second-order valence-corrected chi connectivity index (χ2v) is 8.77. The van der Waals surface area contributed by atoms with Crippen LogP contribution in [0.2, 0.25) is 0 Å². The highest BCUT2D eigenvalue weighted by Gasteiger charge is 2.50. The van der Waals surface area contributed by atoms with Crippen LogP contribution in [0.3, 0.4) is 0 Å². The number of hydrogen-bond acceptors (Lipinski definition) is 4. The van der Waals surface area contributed by atoms with Gasteiger partial charge in [0.15, 0.2) is 0 Å². The van der Waals surface area contributed by atoms with Gasteiger partial charge in [-0.3, -0.25) is 4.79 Å². The third kappa shape index (κ3) is 3.08. The number of aliphatic carboxylic acids is 1. The largest absolute Gasteiger partial charge is 0.481 e. The van der Waals surface area contributed by atoms with Gasteiger partial charge in [0.05, 0.1) is 11.5 Å². The highest BCUT2D eigenvalue weighted by molar-refractivity contribution is 7.08. The molecular weight excluding hydrogens is 398 g/mol. The van der Waals surface area contributed by atoms with E-state index in [0.717, 1.165) is 16.7 Å². The Kier molecular flexibility index (Phi) is 4.59. The lowest BCUT2D eigenvalue weighted by Crippen LogP contribution is -2.56. The smallest absolute Gasteiger partial charge is 0.407 e. The van der Waals surface area contributed by atoms with Gasteiger partial charge in [-0.1, -0.05) is 48.5 Å². The van der Waals surface area contributed by atoms with Crippen molar-refractivity contribution in [2.75, 3.05) is 6.61 Å². The van der Waals surface area contributed by atoms with E-state index in [1.54, 1.807) is 0 Å². The van der Waals surface area contributed by atoms with Crippen molar-refractivity contribution >= 4 is 23.4 Å². The van der Waals surface area contributed by atoms with Crippen molar-refractivity contribution in [1.82, 2.24) is 5.32 Å². The molecule has 1 saturated carbocycles. The Labute approximate surface area is 178 Å². The summed E-state index contributed by atoms with van der Waals surface area (Å²) in [5.74, 6) is -1.28. The number of alkyl carbamates (subject to hydrolysis) is 1. The first-order chi connectivity index (χ1) is 14.6. The van der Waals surface area contributed by atoms with Crippen LogP contribution in [0.5, 0.6) is 0 Å². The van der Waals surface area contributed by atoms with Gasteiger partial charge in [-0.25, -0.2) is 4.79 Å². The summed E-state index contributed by atoms with van der Waals surface area (Å²) in [6.45, 7) is 0.238. The van der Waals surface area contributed by atoms with E-state index in [2.05, 4.69) is 29.6 Å². The van der Waals surface area contributed by atoms with E-state index in [9.17, 15) is 14.7 Å². The Balaban J connectivity index is 1.31. The number of fused-ring (bicyclic) bond motifs is 3. The molecule has 2 aromatic carbocycles. The van der Waals surface area contributed by atoms with Gasteiger partial charge in [-0.15, -0.1) is 0 Å². The van der Waals surface area contributed by atoms with E-state index in [4.69, 9.17) is 4.74 Å². The van der Waals surface area contributed by atoms with Crippen LogP contribution >= 0.6 is 11.3 Å². The highest BCUT2D eigenvalue weighted by atomic mass is 32.1. The monoisotopic (exact) mass is 419 g/mol. The molecule has 2 aliphatic rings. The lowest BCUT2D eigenvalue weighted by atomic mass is 9.65. The van der Waals surface area contributed by atoms with Crippen LogP contribution < -0.4 is 5.32 Å². The molecule has 6 heteroatoms. The fourth-order valence-electron chi connectivity index (χ4n) is 4.73. The standard InChI is InChI=1S/C24H21NO4S/c26-22(27)15-11-24(12-15,16-9-10-30-14-16)25-23(28)29-13-21-19-7-3-1-5-17(19)18-6-2-4-8-20(18)21/h1-10,14-15,21H,11-13H2,(H,25,28)(H,26,27). The molecule has 2 aliphatic carbocycles. The Morgan fingerprint density at radius 2 is 1.67 bits per heavy atom. The molecule has 0 unspecified atom stereocenters. The number of carbonyl (C=O) groups excluding carboxylic acids is 1. The maximum absolute atomic E-state index is 12.7. The molecule has 152 valence electrons. The lowest BCUT2D eigenvalue weighted by Gasteiger charge is -2.45. The number of carbonyl (C=O) groups is 2. The number of hydrogen-bond donors (Lipinski definition) is 2. The topological polar surface area (TPSA) is 75.6 Å². The first kappa shape index (κ1) is 18.9. The van der Waals surface area contributed by atoms with Gasteiger partial charge in [0, 0.05) is 5.92 Å². The minimum Gasteiger partial charge on any atom is -0.481 e. The molecule has 0 bridgehead atoms. The quantitative estimate of drug-likeness (QED) is 0.612. The summed E-state index contributed by atoms with van der Waals surface area (Å²) in [5.41, 5.74) is 4.96. The molecule has 1 amide bonds. The minimum absolute atomic E-state index is 0.00611. The van der Waals surface area contributed by atoms with Crippen LogP contribution in [-0.4, -0.2) is 23.8 Å². The second kappa shape index (κ2) is 7.29. The van der Waals surface area contributed by atoms with E-state index in [1.807, 2.05) is 41.1 Å². The molecule has 0 radical (unpaired) electrons. The molecule has 0 spiro atoms. The summed E-state index contributed by atoms with van der Waals surface area (Å²) < 4.78 is 5.67. The average Bonchev–Trinajstić information content (AvgIpc) is 3.36. The summed E-state index contributed by atoms with van der Waals surface area (Å²) in [4.78, 5) is 24.0. The molecule has 0 aliphatic heterocycles. The summed E-state index contributed by atoms with van der Waals surface area (Å²) in [6, 6.07) is 18.3. The minimum atomic E-state index is -0.824. The zero-order chi connectivity index (χ0) is 20.7. The van der Waals surface area contributed by atoms with Crippen LogP contribution in [0.15, 0.2) is 65.4 Å². The fourth-order valence-corrected chi connectivity index (χ4v) is 5.49. The van der Waals surface area contributed by atoms with Gasteiger partial charge < -0.3 is 15.2 Å². The molecule has 5 nitrogen and oxygen atoms in total. The van der Waals surface area contributed by atoms with Crippen molar-refractivity contribution < 1.29 is 19.4 Å². The zero-order valence-corrected chi connectivity index (χ0v) is 17.0. The molecule has 1 aromatic heterocycles. The van der Waals surface area contributed by atoms with Crippen LogP contribution in [0.25, 0.3) is 11.1 Å². The summed E-state index contributed by atoms with van der Waals surface area (Å²) >= 11 is 1.53. The molecule has 1 heterocycles. The predicted molar refractivity (Wildman–Crippen MR) is 115 cm³/mol. The van der Waals surface area contributed by atoms with Crippen LogP contribution in [0, 0.1) is 5.92 Å². The molecular formula is C24H21NO4S. The Hall–Kier alpha value is -3.12. The summed E-state index contributed by atoms with van der Waals surface area (Å²) in [7, 11) is 0. The van der Waals surface area contributed by atoms with Gasteiger partial charge >= 0.3 is 12.1 Å². The van der Waals surface area contributed by atoms with Gasteiger partial charge in [-0.05, 0) is 57.5 Å². The Morgan fingerprint density at radius 1 is 1.03 bits per heavy atom. The number of carboxylic acid groups (broad SMARTS) is 1. The average molecular weight is 420 g/mol. The summed E-state index contributed by atoms with van der Waals surface area (Å²) in [6.07, 6.45) is 0.249. The van der Waals surface area contributed by atoms with E-state index in [1.165, 1.54) is 22.5 Å². The number of ether oxygens (including phenoxy) is 1. The molecule has 0 saturated heterocycles. The fraction of sp³-hybridized carbons (Fsp3) is 0.250. The first-order valence-corrected chi connectivity index (χ1v) is 10.9. The normalized spacial score (nSPS) is 21.9. The Bertz CT molecular complexity index is 1060. The van der Waals surface area contributed by atoms with E-state index in [0.29, 0.717) is 12.8 Å². The van der Waals surface area contributed by atoms with Gasteiger partial charge in [0.1, 0.15) is 6.61 Å². The van der Waals surface area contributed by atoms with E-state index in [-0.39, 0.29) is 12.5 Å². The maximum Gasteiger partial charge on any atom is 0.407 e. The molecule has 3 aromatic rings. The number of thiophene rings is 1. The van der Waals surface area contributed by atoms with Crippen molar-refractivity contribution in [1.29, 1.82) is 0 Å². The molecule has 5 rings (SSSR count). The van der Waals surface area contributed by atoms with Crippen molar-refractivity contribution in [3.8, 4) is 11.1 Å². The molecule has 30 heavy (non-hydrogen) atoms. The number of benzene rings is 2. The van der Waals surface area contributed by atoms with Crippen molar-refractivity contribution in [2.45, 2.75) is 24.3 Å². The van der Waals surface area contributed by atoms with Gasteiger partial charge in [0.2, 0.25) is 0 Å². The second-order valence-electron chi connectivity index (χ2n) is 7.99. The van der Waals surface area contributed by atoms with Crippen molar-refractivity contribution in [3.05, 3.63) is 82.0 Å². The SMILES string of the molecule is O=C(NC1(c2ccsc2)CC(C(=O)O)C1)OCC1c2ccccc2-c2ccccc21. The predicted octanol–water partition coefficient (Wildman–Crippen LogP) is 4.98. The number of carboxylic acids is 1. The van der Waals surface area contributed by atoms with Gasteiger partial charge in [-0.2, -0.15) is 11.3 Å². The third-order valence-corrected chi connectivity index (χ3v) is 6.98. The van der Waals surface area contributed by atoms with Gasteiger partial charge in [0.25, 0.3) is 0 Å². The van der Waals surface area contributed by atoms with E-state index >= 15 is 0 Å². The maximum atomic E-state index is 12.7. The van der Waals surface area contributed by atoms with Crippen molar-refractivity contribution in [2.24, 2.45) is 5.92 Å². The molecule has 0 atom stereocenters. The number of nitrogens with one attached hydrogen (secondary N) is 1.